The number of hydrogen-bond donors (Lipinski definition) is 2. The van der Waals surface area contributed by atoms with Gasteiger partial charge >= 0.3 is 18.5 Å². The lowest BCUT2D eigenvalue weighted by Crippen LogP contribution is -2.45. The number of nitrogens with one attached hydrogen (secondary N) is 2. The highest BCUT2D eigenvalue weighted by Gasteiger charge is 2.63. The molecule has 0 saturated heterocycles. The van der Waals surface area contributed by atoms with Crippen LogP contribution in [0.1, 0.15) is 24.5 Å². The Kier molecular flexibility index (Phi) is 8.28. The van der Waals surface area contributed by atoms with Gasteiger partial charge in [0.25, 0.3) is 5.60 Å². The molecule has 6 nitrogen and oxygen atoms in total. The summed E-state index contributed by atoms with van der Waals surface area (Å²) in [5, 5.41) is 6.88. The Morgan fingerprint density at radius 1 is 1.02 bits per heavy atom. The van der Waals surface area contributed by atoms with Crippen molar-refractivity contribution in [1.82, 2.24) is 10.6 Å². The minimum absolute atomic E-state index is 0.0386. The van der Waals surface area contributed by atoms with Crippen LogP contribution in [0, 0.1) is 11.3 Å². The standard InChI is InChI=1S/C27H21ClF9N3O3/c1-23-7-3-2-4-18(23)17(5-6-19(23)22(42)38-12-21(41)39-13-25(29,30)31)20-11-24(43-40-20,27(35,36)37)14-8-15(26(32,33)34)10-16(28)9-14/h2-10,18H,11-13H2,1H3,(H,38,42)(H,39,41). The molecule has 0 spiro atoms. The second-order valence-electron chi connectivity index (χ2n) is 10.1. The molecule has 3 aliphatic rings. The number of oxime groups is 1. The zero-order valence-corrected chi connectivity index (χ0v) is 22.6. The van der Waals surface area contributed by atoms with Crippen molar-refractivity contribution in [3.63, 3.8) is 0 Å². The van der Waals surface area contributed by atoms with Gasteiger partial charge < -0.3 is 15.5 Å². The molecule has 1 aliphatic heterocycles. The minimum atomic E-state index is -5.24. The highest BCUT2D eigenvalue weighted by Crippen LogP contribution is 2.53. The van der Waals surface area contributed by atoms with E-state index in [1.807, 2.05) is 0 Å². The first kappa shape index (κ1) is 32.2. The molecule has 3 atom stereocenters. The van der Waals surface area contributed by atoms with Crippen LogP contribution in [0.3, 0.4) is 0 Å². The summed E-state index contributed by atoms with van der Waals surface area (Å²) in [7, 11) is 0. The fourth-order valence-corrected chi connectivity index (χ4v) is 5.27. The van der Waals surface area contributed by atoms with Crippen molar-refractivity contribution in [3.8, 4) is 0 Å². The molecule has 0 saturated carbocycles. The maximum Gasteiger partial charge on any atom is 0.435 e. The van der Waals surface area contributed by atoms with E-state index in [1.54, 1.807) is 36.5 Å². The Hall–Kier alpha value is -3.75. The summed E-state index contributed by atoms with van der Waals surface area (Å²) in [4.78, 5) is 29.6. The van der Waals surface area contributed by atoms with Crippen molar-refractivity contribution in [2.45, 2.75) is 37.5 Å². The second-order valence-corrected chi connectivity index (χ2v) is 10.6. The molecule has 232 valence electrons. The number of halogens is 10. The van der Waals surface area contributed by atoms with Gasteiger partial charge in [-0.15, -0.1) is 0 Å². The van der Waals surface area contributed by atoms with Crippen molar-refractivity contribution in [2.75, 3.05) is 13.1 Å². The Balaban J connectivity index is 1.64. The third-order valence-electron chi connectivity index (χ3n) is 7.20. The van der Waals surface area contributed by atoms with Crippen molar-refractivity contribution in [3.05, 3.63) is 82.0 Å². The number of amides is 2. The highest BCUT2D eigenvalue weighted by molar-refractivity contribution is 6.30. The predicted molar refractivity (Wildman–Crippen MR) is 135 cm³/mol. The van der Waals surface area contributed by atoms with Crippen LogP contribution in [0.4, 0.5) is 39.5 Å². The normalized spacial score (nSPS) is 25.3. The highest BCUT2D eigenvalue weighted by atomic mass is 35.5. The van der Waals surface area contributed by atoms with Crippen molar-refractivity contribution in [1.29, 1.82) is 0 Å². The van der Waals surface area contributed by atoms with Crippen LogP contribution >= 0.6 is 11.6 Å². The molecule has 2 N–H and O–H groups in total. The maximum absolute atomic E-state index is 14.5. The minimum Gasteiger partial charge on any atom is -0.374 e. The molecule has 1 aromatic carbocycles. The summed E-state index contributed by atoms with van der Waals surface area (Å²) in [5.74, 6) is -2.74. The first-order chi connectivity index (χ1) is 19.8. The molecule has 1 aromatic rings. The molecular formula is C27H21ClF9N3O3. The third-order valence-corrected chi connectivity index (χ3v) is 7.42. The van der Waals surface area contributed by atoms with Gasteiger partial charge in [0.05, 0.1) is 17.8 Å². The number of allylic oxidation sites excluding steroid dienone is 7. The van der Waals surface area contributed by atoms with E-state index in [4.69, 9.17) is 16.4 Å². The van der Waals surface area contributed by atoms with Crippen molar-refractivity contribution >= 4 is 29.1 Å². The molecule has 0 aromatic heterocycles. The number of rotatable bonds is 6. The largest absolute Gasteiger partial charge is 0.435 e. The average Bonchev–Trinajstić information content (AvgIpc) is 3.35. The Morgan fingerprint density at radius 3 is 2.35 bits per heavy atom. The lowest BCUT2D eigenvalue weighted by molar-refractivity contribution is -0.276. The molecule has 43 heavy (non-hydrogen) atoms. The maximum atomic E-state index is 14.5. The Morgan fingerprint density at radius 2 is 1.72 bits per heavy atom. The van der Waals surface area contributed by atoms with Crippen LogP contribution in [-0.4, -0.2) is 43.0 Å². The van der Waals surface area contributed by atoms with Gasteiger partial charge in [-0.1, -0.05) is 60.1 Å². The summed E-state index contributed by atoms with van der Waals surface area (Å²) >= 11 is 5.76. The lowest BCUT2D eigenvalue weighted by atomic mass is 9.62. The van der Waals surface area contributed by atoms with E-state index in [-0.39, 0.29) is 16.9 Å². The van der Waals surface area contributed by atoms with E-state index in [9.17, 15) is 49.1 Å². The summed E-state index contributed by atoms with van der Waals surface area (Å²) in [5.41, 5.74) is -6.88. The van der Waals surface area contributed by atoms with Crippen LogP contribution in [0.25, 0.3) is 0 Å². The van der Waals surface area contributed by atoms with Gasteiger partial charge in [-0.25, -0.2) is 0 Å². The molecule has 0 fully saturated rings. The molecule has 3 unspecified atom stereocenters. The third kappa shape index (κ3) is 6.45. The molecule has 0 radical (unpaired) electrons. The number of fused-ring (bicyclic) bond motifs is 1. The van der Waals surface area contributed by atoms with E-state index in [0.717, 1.165) is 6.07 Å². The average molecular weight is 642 g/mol. The molecule has 1 heterocycles. The number of benzene rings is 1. The fraction of sp³-hybridized carbons (Fsp3) is 0.370. The van der Waals surface area contributed by atoms with Crippen molar-refractivity contribution in [2.24, 2.45) is 16.5 Å². The second kappa shape index (κ2) is 11.1. The monoisotopic (exact) mass is 641 g/mol. The molecular weight excluding hydrogens is 621 g/mol. The van der Waals surface area contributed by atoms with E-state index >= 15 is 0 Å². The van der Waals surface area contributed by atoms with Gasteiger partial charge in [0.15, 0.2) is 0 Å². The van der Waals surface area contributed by atoms with E-state index in [0.29, 0.717) is 12.1 Å². The molecule has 0 bridgehead atoms. The summed E-state index contributed by atoms with van der Waals surface area (Å²) < 4.78 is 121. The van der Waals surface area contributed by atoms with Gasteiger partial charge in [0, 0.05) is 33.9 Å². The van der Waals surface area contributed by atoms with Crippen LogP contribution < -0.4 is 10.6 Å². The number of hydrogen-bond acceptors (Lipinski definition) is 4. The van der Waals surface area contributed by atoms with Crippen LogP contribution in [0.15, 0.2) is 71.0 Å². The van der Waals surface area contributed by atoms with Crippen LogP contribution in [-0.2, 0) is 26.2 Å². The summed E-state index contributed by atoms with van der Waals surface area (Å²) in [6.07, 6.45) is -7.09. The van der Waals surface area contributed by atoms with Gasteiger partial charge in [-0.2, -0.15) is 39.5 Å². The number of alkyl halides is 9. The Bertz CT molecular complexity index is 1470. The topological polar surface area (TPSA) is 79.8 Å². The van der Waals surface area contributed by atoms with Crippen molar-refractivity contribution < 1.29 is 53.9 Å². The first-order valence-corrected chi connectivity index (χ1v) is 12.7. The summed E-state index contributed by atoms with van der Waals surface area (Å²) in [6, 6.07) is 1.50. The van der Waals surface area contributed by atoms with E-state index in [2.05, 4.69) is 10.5 Å². The SMILES string of the molecule is CC12C=CC=CC1C(C1=NOC(c3cc(Cl)cc(C(F)(F)F)c3)(C(F)(F)F)C1)=CC=C2C(=O)NCC(=O)NCC(F)(F)F. The van der Waals surface area contributed by atoms with Gasteiger partial charge in [0.2, 0.25) is 11.8 Å². The van der Waals surface area contributed by atoms with Gasteiger partial charge in [-0.05, 0) is 23.8 Å². The predicted octanol–water partition coefficient (Wildman–Crippen LogP) is 6.30. The number of carbonyl (C=O) groups excluding carboxylic acids is 2. The zero-order valence-electron chi connectivity index (χ0n) is 21.8. The van der Waals surface area contributed by atoms with Gasteiger partial charge in [-0.3, -0.25) is 9.59 Å². The van der Waals surface area contributed by atoms with Crippen LogP contribution in [0.5, 0.6) is 0 Å². The number of nitrogens with zero attached hydrogens (tertiary/aromatic N) is 1. The molecule has 16 heteroatoms. The zero-order chi connectivity index (χ0) is 32.0. The lowest BCUT2D eigenvalue weighted by Gasteiger charge is -2.40. The van der Waals surface area contributed by atoms with Gasteiger partial charge in [0.1, 0.15) is 6.54 Å². The smallest absolute Gasteiger partial charge is 0.374 e. The van der Waals surface area contributed by atoms with E-state index < -0.39 is 82.9 Å². The first-order valence-electron chi connectivity index (χ1n) is 12.4. The number of carbonyl (C=O) groups is 2. The summed E-state index contributed by atoms with van der Waals surface area (Å²) in [6.45, 7) is -0.808. The Labute approximate surface area is 242 Å². The molecule has 2 aliphatic carbocycles. The molecule has 2 amide bonds. The quantitative estimate of drug-likeness (QED) is 0.358. The fourth-order valence-electron chi connectivity index (χ4n) is 5.03. The van der Waals surface area contributed by atoms with Crippen LogP contribution in [0.2, 0.25) is 5.02 Å². The molecule has 4 rings (SSSR count). The van der Waals surface area contributed by atoms with E-state index in [1.165, 1.54) is 12.2 Å².